The van der Waals surface area contributed by atoms with Crippen LogP contribution in [-0.4, -0.2) is 30.4 Å². The topological polar surface area (TPSA) is 65.4 Å². The monoisotopic (exact) mass is 355 g/mol. The predicted molar refractivity (Wildman–Crippen MR) is 95.7 cm³/mol. The van der Waals surface area contributed by atoms with E-state index >= 15 is 0 Å². The van der Waals surface area contributed by atoms with Crippen LogP contribution in [0.4, 0.5) is 0 Å². The molecule has 1 amide bonds. The van der Waals surface area contributed by atoms with Crippen LogP contribution in [0.3, 0.4) is 0 Å². The van der Waals surface area contributed by atoms with Gasteiger partial charge >= 0.3 is 0 Å². The first-order valence-corrected chi connectivity index (χ1v) is 8.38. The number of halogens is 1. The molecule has 1 fully saturated rings. The smallest absolute Gasteiger partial charge is 0.234 e. The number of benzene rings is 2. The highest BCUT2D eigenvalue weighted by molar-refractivity contribution is 6.30. The largest absolute Gasteiger partial charge is 0.457 e. The molecule has 1 aliphatic rings. The predicted octanol–water partition coefficient (Wildman–Crippen LogP) is 3.24. The highest BCUT2D eigenvalue weighted by Gasteiger charge is 2.18. The highest BCUT2D eigenvalue weighted by atomic mass is 35.5. The van der Waals surface area contributed by atoms with Crippen molar-refractivity contribution in [2.24, 2.45) is 0 Å². The number of ether oxygens (including phenoxy) is 1. The van der Waals surface area contributed by atoms with E-state index in [9.17, 15) is 10.1 Å². The number of piperazine rings is 1. The number of hydrogen-bond acceptors (Lipinski definition) is 4. The van der Waals surface area contributed by atoms with Gasteiger partial charge in [0, 0.05) is 30.2 Å². The van der Waals surface area contributed by atoms with E-state index in [0.717, 1.165) is 17.7 Å². The molecule has 0 spiro atoms. The molecular weight excluding hydrogens is 338 g/mol. The molecule has 1 aliphatic heterocycles. The Morgan fingerprint density at radius 1 is 1.32 bits per heavy atom. The zero-order valence-corrected chi connectivity index (χ0v) is 14.6. The van der Waals surface area contributed by atoms with Gasteiger partial charge in [0.05, 0.1) is 18.2 Å². The molecule has 0 unspecified atom stereocenters. The zero-order chi connectivity index (χ0) is 17.8. The Labute approximate surface area is 151 Å². The van der Waals surface area contributed by atoms with Crippen molar-refractivity contribution in [3.05, 3.63) is 58.1 Å². The van der Waals surface area contributed by atoms with E-state index in [1.54, 1.807) is 24.3 Å². The molecule has 0 atom stereocenters. The number of aryl methyl sites for hydroxylation is 1. The summed E-state index contributed by atoms with van der Waals surface area (Å²) in [6.07, 6.45) is 0. The molecular formula is C19H18ClN3O2. The summed E-state index contributed by atoms with van der Waals surface area (Å²) in [5.41, 5.74) is 2.43. The van der Waals surface area contributed by atoms with Crippen molar-refractivity contribution in [3.8, 4) is 17.6 Å². The number of amides is 1. The van der Waals surface area contributed by atoms with Crippen LogP contribution in [0.2, 0.25) is 5.02 Å². The molecule has 6 heteroatoms. The summed E-state index contributed by atoms with van der Waals surface area (Å²) in [4.78, 5) is 13.6. The molecule has 0 aliphatic carbocycles. The number of hydrogen-bond donors (Lipinski definition) is 1. The van der Waals surface area contributed by atoms with Crippen LogP contribution < -0.4 is 10.1 Å². The van der Waals surface area contributed by atoms with Crippen molar-refractivity contribution >= 4 is 17.5 Å². The summed E-state index contributed by atoms with van der Waals surface area (Å²) in [7, 11) is 0. The molecule has 0 saturated carbocycles. The number of nitrogens with one attached hydrogen (secondary N) is 1. The normalized spacial score (nSPS) is 14.7. The maximum Gasteiger partial charge on any atom is 0.234 e. The lowest BCUT2D eigenvalue weighted by Gasteiger charge is -2.27. The fraction of sp³-hybridized carbons (Fsp3) is 0.263. The molecule has 3 rings (SSSR count). The minimum Gasteiger partial charge on any atom is -0.457 e. The number of carbonyl (C=O) groups is 1. The van der Waals surface area contributed by atoms with Crippen molar-refractivity contribution in [2.45, 2.75) is 13.5 Å². The van der Waals surface area contributed by atoms with E-state index in [4.69, 9.17) is 16.3 Å². The lowest BCUT2D eigenvalue weighted by Crippen LogP contribution is -2.47. The third kappa shape index (κ3) is 4.50. The molecule has 0 bridgehead atoms. The lowest BCUT2D eigenvalue weighted by molar-refractivity contribution is -0.124. The first kappa shape index (κ1) is 17.3. The molecule has 1 N–H and O–H groups in total. The summed E-state index contributed by atoms with van der Waals surface area (Å²) in [6, 6.07) is 13.0. The standard InChI is InChI=1S/C19H18ClN3O2/c1-13-6-16(20)9-17(7-13)25-18-3-2-14(10-21)8-15(18)11-23-5-4-22-19(24)12-23/h2-3,6-9H,4-5,11-12H2,1H3,(H,22,24). The molecule has 5 nitrogen and oxygen atoms in total. The summed E-state index contributed by atoms with van der Waals surface area (Å²) < 4.78 is 6.02. The Kier molecular flexibility index (Phi) is 5.22. The number of carbonyl (C=O) groups excluding carboxylic acids is 1. The molecule has 25 heavy (non-hydrogen) atoms. The molecule has 2 aromatic carbocycles. The average Bonchev–Trinajstić information content (AvgIpc) is 2.55. The maximum atomic E-state index is 11.6. The molecule has 0 radical (unpaired) electrons. The van der Waals surface area contributed by atoms with Crippen LogP contribution in [-0.2, 0) is 11.3 Å². The van der Waals surface area contributed by atoms with Gasteiger partial charge in [-0.2, -0.15) is 5.26 Å². The summed E-state index contributed by atoms with van der Waals surface area (Å²) in [6.45, 7) is 4.22. The van der Waals surface area contributed by atoms with Crippen molar-refractivity contribution in [3.63, 3.8) is 0 Å². The first-order valence-electron chi connectivity index (χ1n) is 8.00. The van der Waals surface area contributed by atoms with Crippen molar-refractivity contribution in [1.82, 2.24) is 10.2 Å². The Bertz CT molecular complexity index is 825. The maximum absolute atomic E-state index is 11.6. The molecule has 0 aromatic heterocycles. The number of nitriles is 1. The summed E-state index contributed by atoms with van der Waals surface area (Å²) >= 11 is 6.10. The number of nitrogens with zero attached hydrogens (tertiary/aromatic N) is 2. The summed E-state index contributed by atoms with van der Waals surface area (Å²) in [5.74, 6) is 1.31. The zero-order valence-electron chi connectivity index (χ0n) is 13.9. The highest BCUT2D eigenvalue weighted by Crippen LogP contribution is 2.30. The van der Waals surface area contributed by atoms with Gasteiger partial charge in [-0.05, 0) is 48.9 Å². The van der Waals surface area contributed by atoms with Gasteiger partial charge in [-0.15, -0.1) is 0 Å². The van der Waals surface area contributed by atoms with Crippen LogP contribution in [0.1, 0.15) is 16.7 Å². The third-order valence-electron chi connectivity index (χ3n) is 3.94. The third-order valence-corrected chi connectivity index (χ3v) is 4.16. The second kappa shape index (κ2) is 7.56. The van der Waals surface area contributed by atoms with Crippen LogP contribution >= 0.6 is 11.6 Å². The first-order chi connectivity index (χ1) is 12.0. The van der Waals surface area contributed by atoms with Gasteiger partial charge in [-0.1, -0.05) is 11.6 Å². The fourth-order valence-electron chi connectivity index (χ4n) is 2.83. The van der Waals surface area contributed by atoms with Crippen LogP contribution in [0.5, 0.6) is 11.5 Å². The molecule has 128 valence electrons. The van der Waals surface area contributed by atoms with Crippen LogP contribution in [0.15, 0.2) is 36.4 Å². The van der Waals surface area contributed by atoms with E-state index in [-0.39, 0.29) is 5.91 Å². The summed E-state index contributed by atoms with van der Waals surface area (Å²) in [5, 5.41) is 12.6. The number of rotatable bonds is 4. The average molecular weight is 356 g/mol. The lowest BCUT2D eigenvalue weighted by atomic mass is 10.1. The Morgan fingerprint density at radius 2 is 2.16 bits per heavy atom. The minimum atomic E-state index is 0.00984. The quantitative estimate of drug-likeness (QED) is 0.914. The molecule has 2 aromatic rings. The van der Waals surface area contributed by atoms with Gasteiger partial charge in [-0.3, -0.25) is 9.69 Å². The van der Waals surface area contributed by atoms with Crippen LogP contribution in [0, 0.1) is 18.3 Å². The van der Waals surface area contributed by atoms with E-state index in [2.05, 4.69) is 11.4 Å². The second-order valence-corrected chi connectivity index (χ2v) is 6.50. The van der Waals surface area contributed by atoms with E-state index < -0.39 is 0 Å². The SMILES string of the molecule is Cc1cc(Cl)cc(Oc2ccc(C#N)cc2CN2CCNC(=O)C2)c1. The van der Waals surface area contributed by atoms with E-state index in [1.807, 2.05) is 24.0 Å². The van der Waals surface area contributed by atoms with Gasteiger partial charge < -0.3 is 10.1 Å². The van der Waals surface area contributed by atoms with Crippen molar-refractivity contribution in [1.29, 1.82) is 5.26 Å². The van der Waals surface area contributed by atoms with Gasteiger partial charge in [0.15, 0.2) is 0 Å². The van der Waals surface area contributed by atoms with Gasteiger partial charge in [0.25, 0.3) is 0 Å². The van der Waals surface area contributed by atoms with Gasteiger partial charge in [-0.25, -0.2) is 0 Å². The van der Waals surface area contributed by atoms with Crippen LogP contribution in [0.25, 0.3) is 0 Å². The van der Waals surface area contributed by atoms with E-state index in [0.29, 0.717) is 41.7 Å². The fourth-order valence-corrected chi connectivity index (χ4v) is 3.11. The van der Waals surface area contributed by atoms with Crippen molar-refractivity contribution < 1.29 is 9.53 Å². The minimum absolute atomic E-state index is 0.00984. The Hall–Kier alpha value is -2.55. The van der Waals surface area contributed by atoms with E-state index in [1.165, 1.54) is 0 Å². The Balaban J connectivity index is 1.87. The molecule has 1 heterocycles. The van der Waals surface area contributed by atoms with Gasteiger partial charge in [0.2, 0.25) is 5.91 Å². The van der Waals surface area contributed by atoms with Gasteiger partial charge in [0.1, 0.15) is 11.5 Å². The molecule has 1 saturated heterocycles. The second-order valence-electron chi connectivity index (χ2n) is 6.06. The van der Waals surface area contributed by atoms with Crippen molar-refractivity contribution in [2.75, 3.05) is 19.6 Å². The Morgan fingerprint density at radius 3 is 2.88 bits per heavy atom.